The van der Waals surface area contributed by atoms with Crippen molar-refractivity contribution in [2.75, 3.05) is 6.54 Å². The quantitative estimate of drug-likeness (QED) is 0.890. The molecule has 2 aromatic heterocycles. The monoisotopic (exact) mass is 280 g/mol. The van der Waals surface area contributed by atoms with Crippen LogP contribution in [0, 0.1) is 6.92 Å². The number of rotatable bonds is 5. The van der Waals surface area contributed by atoms with Gasteiger partial charge in [-0.2, -0.15) is 0 Å². The zero-order valence-electron chi connectivity index (χ0n) is 11.4. The molecule has 1 atom stereocenters. The van der Waals surface area contributed by atoms with Crippen LogP contribution in [0.2, 0.25) is 0 Å². The molecule has 0 aliphatic heterocycles. The highest BCUT2D eigenvalue weighted by Crippen LogP contribution is 2.28. The molecule has 0 aromatic carbocycles. The van der Waals surface area contributed by atoms with Gasteiger partial charge >= 0.3 is 0 Å². The van der Waals surface area contributed by atoms with Gasteiger partial charge in [-0.3, -0.25) is 0 Å². The van der Waals surface area contributed by atoms with Crippen LogP contribution in [0.3, 0.4) is 0 Å². The zero-order chi connectivity index (χ0) is 13.2. The van der Waals surface area contributed by atoms with E-state index in [1.807, 2.05) is 16.8 Å². The van der Waals surface area contributed by atoms with E-state index in [0.717, 1.165) is 12.2 Å². The third-order valence-corrected chi connectivity index (χ3v) is 5.56. The van der Waals surface area contributed by atoms with Gasteiger partial charge in [0.25, 0.3) is 0 Å². The number of thiazole rings is 1. The van der Waals surface area contributed by atoms with Crippen LogP contribution < -0.4 is 5.32 Å². The predicted molar refractivity (Wildman–Crippen MR) is 80.6 cm³/mol. The van der Waals surface area contributed by atoms with Gasteiger partial charge < -0.3 is 5.32 Å². The van der Waals surface area contributed by atoms with Gasteiger partial charge in [-0.15, -0.1) is 22.7 Å². The van der Waals surface area contributed by atoms with Crippen LogP contribution in [0.15, 0.2) is 23.0 Å². The Balaban J connectivity index is 1.98. The Labute approximate surface area is 117 Å². The highest BCUT2D eigenvalue weighted by atomic mass is 32.1. The van der Waals surface area contributed by atoms with Crippen LogP contribution in [0.5, 0.6) is 0 Å². The molecule has 1 N–H and O–H groups in total. The summed E-state index contributed by atoms with van der Waals surface area (Å²) in [5.74, 6) is 0. The van der Waals surface area contributed by atoms with Crippen molar-refractivity contribution in [3.63, 3.8) is 0 Å². The van der Waals surface area contributed by atoms with Crippen molar-refractivity contribution in [2.45, 2.75) is 39.2 Å². The second-order valence-corrected chi connectivity index (χ2v) is 7.10. The lowest BCUT2D eigenvalue weighted by atomic mass is 9.91. The van der Waals surface area contributed by atoms with Gasteiger partial charge in [0.2, 0.25) is 0 Å². The lowest BCUT2D eigenvalue weighted by molar-refractivity contribution is 0.443. The molecular weight excluding hydrogens is 260 g/mol. The van der Waals surface area contributed by atoms with Crippen molar-refractivity contribution < 1.29 is 0 Å². The van der Waals surface area contributed by atoms with Gasteiger partial charge in [-0.25, -0.2) is 4.98 Å². The molecule has 0 aliphatic carbocycles. The van der Waals surface area contributed by atoms with Gasteiger partial charge in [0.1, 0.15) is 0 Å². The predicted octanol–water partition coefficient (Wildman–Crippen LogP) is 4.14. The van der Waals surface area contributed by atoms with E-state index < -0.39 is 0 Å². The molecule has 0 saturated carbocycles. The first-order valence-corrected chi connectivity index (χ1v) is 7.94. The summed E-state index contributed by atoms with van der Waals surface area (Å²) in [6, 6.07) is 4.71. The fraction of sp³-hybridized carbons (Fsp3) is 0.500. The molecule has 98 valence electrons. The molecule has 0 radical (unpaired) electrons. The Morgan fingerprint density at radius 3 is 2.72 bits per heavy atom. The summed E-state index contributed by atoms with van der Waals surface area (Å²) in [6.45, 7) is 9.85. The average Bonchev–Trinajstić information content (AvgIpc) is 2.96. The molecule has 1 unspecified atom stereocenters. The Morgan fingerprint density at radius 2 is 2.17 bits per heavy atom. The Hall–Kier alpha value is -0.710. The summed E-state index contributed by atoms with van der Waals surface area (Å²) in [4.78, 5) is 7.09. The number of nitrogens with one attached hydrogen (secondary N) is 1. The third kappa shape index (κ3) is 2.99. The van der Waals surface area contributed by atoms with Crippen LogP contribution in [0.4, 0.5) is 0 Å². The molecule has 0 fully saturated rings. The van der Waals surface area contributed by atoms with Crippen molar-refractivity contribution in [1.29, 1.82) is 0 Å². The van der Waals surface area contributed by atoms with E-state index in [1.165, 1.54) is 9.75 Å². The average molecular weight is 280 g/mol. The third-order valence-electron chi connectivity index (χ3n) is 3.21. The Kier molecular flexibility index (Phi) is 4.20. The Morgan fingerprint density at radius 1 is 1.39 bits per heavy atom. The maximum atomic E-state index is 4.31. The molecule has 0 saturated heterocycles. The molecular formula is C14H20N2S2. The Bertz CT molecular complexity index is 486. The smallest absolute Gasteiger partial charge is 0.0798 e. The fourth-order valence-corrected chi connectivity index (χ4v) is 3.67. The van der Waals surface area contributed by atoms with Gasteiger partial charge in [-0.05, 0) is 25.3 Å². The summed E-state index contributed by atoms with van der Waals surface area (Å²) in [5, 5.41) is 5.78. The molecule has 4 heteroatoms. The first-order chi connectivity index (χ1) is 8.50. The van der Waals surface area contributed by atoms with Crippen LogP contribution in [-0.2, 0) is 5.41 Å². The lowest BCUT2D eigenvalue weighted by Crippen LogP contribution is -2.33. The standard InChI is InChI=1S/C14H20N2S2/c1-10(13-11(2)16-9-18-13)15-8-14(3,4)12-6-5-7-17-12/h5-7,9-10,15H,8H2,1-4H3. The van der Waals surface area contributed by atoms with Gasteiger partial charge in [0.15, 0.2) is 0 Å². The SMILES string of the molecule is Cc1ncsc1C(C)NCC(C)(C)c1cccs1. The molecule has 2 rings (SSSR count). The van der Waals surface area contributed by atoms with Crippen LogP contribution in [-0.4, -0.2) is 11.5 Å². The van der Waals surface area contributed by atoms with E-state index in [4.69, 9.17) is 0 Å². The fourth-order valence-electron chi connectivity index (χ4n) is 1.98. The van der Waals surface area contributed by atoms with Crippen molar-refractivity contribution in [1.82, 2.24) is 10.3 Å². The number of hydrogen-bond acceptors (Lipinski definition) is 4. The summed E-state index contributed by atoms with van der Waals surface area (Å²) in [5.41, 5.74) is 3.25. The van der Waals surface area contributed by atoms with Gasteiger partial charge in [0.05, 0.1) is 11.2 Å². The molecule has 0 aliphatic rings. The molecule has 18 heavy (non-hydrogen) atoms. The lowest BCUT2D eigenvalue weighted by Gasteiger charge is -2.26. The minimum absolute atomic E-state index is 0.182. The highest BCUT2D eigenvalue weighted by molar-refractivity contribution is 7.10. The van der Waals surface area contributed by atoms with Crippen LogP contribution in [0.1, 0.15) is 42.3 Å². The van der Waals surface area contributed by atoms with Crippen molar-refractivity contribution in [2.24, 2.45) is 0 Å². The van der Waals surface area contributed by atoms with Gasteiger partial charge in [-0.1, -0.05) is 19.9 Å². The maximum Gasteiger partial charge on any atom is 0.0798 e. The number of hydrogen-bond donors (Lipinski definition) is 1. The second-order valence-electron chi connectivity index (χ2n) is 5.27. The number of aromatic nitrogens is 1. The topological polar surface area (TPSA) is 24.9 Å². The van der Waals surface area contributed by atoms with E-state index in [9.17, 15) is 0 Å². The summed E-state index contributed by atoms with van der Waals surface area (Å²) in [7, 11) is 0. The van der Waals surface area contributed by atoms with E-state index in [0.29, 0.717) is 6.04 Å². The second kappa shape index (κ2) is 5.51. The number of nitrogens with zero attached hydrogens (tertiary/aromatic N) is 1. The molecule has 0 bridgehead atoms. The highest BCUT2D eigenvalue weighted by Gasteiger charge is 2.23. The number of thiophene rings is 1. The van der Waals surface area contributed by atoms with Crippen molar-refractivity contribution in [3.8, 4) is 0 Å². The first kappa shape index (κ1) is 13.7. The maximum absolute atomic E-state index is 4.31. The van der Waals surface area contributed by atoms with E-state index in [-0.39, 0.29) is 5.41 Å². The minimum Gasteiger partial charge on any atom is -0.309 e. The minimum atomic E-state index is 0.182. The molecule has 0 amide bonds. The zero-order valence-corrected chi connectivity index (χ0v) is 13.0. The van der Waals surface area contributed by atoms with Gasteiger partial charge in [0, 0.05) is 27.8 Å². The normalized spacial score (nSPS) is 13.8. The van der Waals surface area contributed by atoms with Crippen molar-refractivity contribution in [3.05, 3.63) is 38.5 Å². The largest absolute Gasteiger partial charge is 0.309 e. The van der Waals surface area contributed by atoms with E-state index in [2.05, 4.69) is 55.5 Å². The van der Waals surface area contributed by atoms with Crippen LogP contribution >= 0.6 is 22.7 Å². The summed E-state index contributed by atoms with van der Waals surface area (Å²) < 4.78 is 0. The molecule has 2 aromatic rings. The summed E-state index contributed by atoms with van der Waals surface area (Å²) in [6.07, 6.45) is 0. The van der Waals surface area contributed by atoms with E-state index >= 15 is 0 Å². The van der Waals surface area contributed by atoms with Crippen molar-refractivity contribution >= 4 is 22.7 Å². The first-order valence-electron chi connectivity index (χ1n) is 6.18. The molecule has 0 spiro atoms. The molecule has 2 nitrogen and oxygen atoms in total. The molecule has 2 heterocycles. The van der Waals surface area contributed by atoms with E-state index in [1.54, 1.807) is 11.3 Å². The number of aryl methyl sites for hydroxylation is 1. The van der Waals surface area contributed by atoms with Crippen LogP contribution in [0.25, 0.3) is 0 Å². The summed E-state index contributed by atoms with van der Waals surface area (Å²) >= 11 is 3.57.